The molecule has 8 heteroatoms. The molecule has 0 radical (unpaired) electrons. The maximum absolute atomic E-state index is 12.4. The summed E-state index contributed by atoms with van der Waals surface area (Å²) in [4.78, 5) is 15.8. The number of nitrogens with zero attached hydrogens (tertiary/aromatic N) is 2. The Balaban J connectivity index is 1.43. The Morgan fingerprint density at radius 1 is 1.15 bits per heavy atom. The number of amides is 1. The van der Waals surface area contributed by atoms with Crippen LogP contribution in [0.4, 0.5) is 0 Å². The number of rotatable bonds is 9. The molecule has 0 saturated carbocycles. The van der Waals surface area contributed by atoms with Crippen molar-refractivity contribution in [2.45, 2.75) is 25.5 Å². The number of imidazole rings is 1. The van der Waals surface area contributed by atoms with Crippen molar-refractivity contribution in [2.75, 3.05) is 12.4 Å². The van der Waals surface area contributed by atoms with Crippen LogP contribution in [0, 0.1) is 6.92 Å². The number of aromatic hydroxyl groups is 1. The Morgan fingerprint density at radius 2 is 1.94 bits per heavy atom. The van der Waals surface area contributed by atoms with Crippen molar-refractivity contribution in [3.63, 3.8) is 0 Å². The Bertz CT molecular complexity index is 1320. The fourth-order valence-corrected chi connectivity index (χ4v) is 4.34. The van der Waals surface area contributed by atoms with E-state index in [9.17, 15) is 9.90 Å². The largest absolute Gasteiger partial charge is 0.504 e. The van der Waals surface area contributed by atoms with E-state index in [1.807, 2.05) is 25.1 Å². The number of phenolic OH excluding ortho intramolecular Hbond substituents is 1. The number of nitrogens with one attached hydrogen (secondary N) is 2. The lowest BCUT2D eigenvalue weighted by Gasteiger charge is -2.07. The standard InChI is InChI=1S/C26H26N4O3S/c1-3-33-23-10-6-7-20(25(23)32)15-27-29-24(31)17-34-26-28-21-8-4-5-9-22(21)30(26)16-19-13-11-18(2)12-14-19/h4-15H,3,16-17H2,1-2H3,(H2,27,29,31,32)/p+1. The van der Waals surface area contributed by atoms with Gasteiger partial charge in [-0.3, -0.25) is 4.79 Å². The highest BCUT2D eigenvalue weighted by atomic mass is 32.2. The van der Waals surface area contributed by atoms with Crippen molar-refractivity contribution in [3.05, 3.63) is 83.4 Å². The van der Waals surface area contributed by atoms with Crippen LogP contribution in [0.25, 0.3) is 11.0 Å². The number of carbonyl (C=O) groups is 1. The summed E-state index contributed by atoms with van der Waals surface area (Å²) in [7, 11) is 0. The van der Waals surface area contributed by atoms with Crippen LogP contribution >= 0.6 is 11.8 Å². The first-order chi connectivity index (χ1) is 16.5. The van der Waals surface area contributed by atoms with Crippen LogP contribution in [0.5, 0.6) is 11.5 Å². The fraction of sp³-hybridized carbons (Fsp3) is 0.192. The van der Waals surface area contributed by atoms with Gasteiger partial charge in [0.05, 0.1) is 18.6 Å². The zero-order valence-electron chi connectivity index (χ0n) is 19.1. The Kier molecular flexibility index (Phi) is 7.49. The van der Waals surface area contributed by atoms with Gasteiger partial charge in [0, 0.05) is 5.56 Å². The number of aryl methyl sites for hydroxylation is 1. The number of hydrogen-bond acceptors (Lipinski definition) is 5. The molecule has 0 aliphatic carbocycles. The third-order valence-electron chi connectivity index (χ3n) is 5.21. The molecule has 174 valence electrons. The Labute approximate surface area is 202 Å². The average Bonchev–Trinajstić information content (AvgIpc) is 3.19. The van der Waals surface area contributed by atoms with Crippen molar-refractivity contribution >= 4 is 34.9 Å². The van der Waals surface area contributed by atoms with E-state index in [0.29, 0.717) is 24.5 Å². The summed E-state index contributed by atoms with van der Waals surface area (Å²) in [6, 6.07) is 21.7. The van der Waals surface area contributed by atoms with Gasteiger partial charge in [0.25, 0.3) is 5.91 Å². The van der Waals surface area contributed by atoms with E-state index in [1.54, 1.807) is 18.2 Å². The minimum Gasteiger partial charge on any atom is -0.504 e. The molecule has 1 heterocycles. The summed E-state index contributed by atoms with van der Waals surface area (Å²) in [6.45, 7) is 5.05. The van der Waals surface area contributed by atoms with Crippen LogP contribution in [-0.2, 0) is 11.3 Å². The summed E-state index contributed by atoms with van der Waals surface area (Å²) in [5, 5.41) is 15.1. The molecular weight excluding hydrogens is 448 g/mol. The van der Waals surface area contributed by atoms with E-state index in [2.05, 4.69) is 57.3 Å². The van der Waals surface area contributed by atoms with Gasteiger partial charge in [-0.15, -0.1) is 0 Å². The second-order valence-electron chi connectivity index (χ2n) is 7.73. The molecule has 0 spiro atoms. The molecule has 0 aliphatic heterocycles. The van der Waals surface area contributed by atoms with E-state index in [1.165, 1.54) is 29.1 Å². The minimum absolute atomic E-state index is 0.00746. The van der Waals surface area contributed by atoms with Gasteiger partial charge >= 0.3 is 5.16 Å². The van der Waals surface area contributed by atoms with Crippen LogP contribution in [0.1, 0.15) is 23.6 Å². The van der Waals surface area contributed by atoms with Gasteiger partial charge in [0.1, 0.15) is 6.54 Å². The summed E-state index contributed by atoms with van der Waals surface area (Å²) in [6.07, 6.45) is 1.40. The third-order valence-corrected chi connectivity index (χ3v) is 6.21. The summed E-state index contributed by atoms with van der Waals surface area (Å²) >= 11 is 1.41. The quantitative estimate of drug-likeness (QED) is 0.147. The molecule has 0 saturated heterocycles. The number of fused-ring (bicyclic) bond motifs is 1. The summed E-state index contributed by atoms with van der Waals surface area (Å²) in [5.74, 6) is 0.308. The van der Waals surface area contributed by atoms with Gasteiger partial charge in [0.15, 0.2) is 22.5 Å². The Morgan fingerprint density at radius 3 is 2.74 bits per heavy atom. The number of aromatic amines is 1. The molecule has 1 aromatic heterocycles. The molecule has 7 nitrogen and oxygen atoms in total. The molecule has 0 fully saturated rings. The third kappa shape index (κ3) is 5.58. The van der Waals surface area contributed by atoms with E-state index in [-0.39, 0.29) is 17.4 Å². The maximum Gasteiger partial charge on any atom is 0.317 e. The van der Waals surface area contributed by atoms with Crippen LogP contribution in [0.15, 0.2) is 77.0 Å². The van der Waals surface area contributed by atoms with Crippen LogP contribution in [0.3, 0.4) is 0 Å². The molecule has 0 atom stereocenters. The highest BCUT2D eigenvalue weighted by Gasteiger charge is 2.20. The van der Waals surface area contributed by atoms with Crippen LogP contribution < -0.4 is 14.7 Å². The van der Waals surface area contributed by atoms with Crippen LogP contribution in [-0.4, -0.2) is 34.6 Å². The number of hydrazone groups is 1. The molecule has 3 N–H and O–H groups in total. The summed E-state index contributed by atoms with van der Waals surface area (Å²) in [5.41, 5.74) is 7.48. The molecule has 0 unspecified atom stereocenters. The lowest BCUT2D eigenvalue weighted by molar-refractivity contribution is -0.700. The summed E-state index contributed by atoms with van der Waals surface area (Å²) < 4.78 is 7.55. The second-order valence-corrected chi connectivity index (χ2v) is 8.69. The van der Waals surface area contributed by atoms with Gasteiger partial charge in [0.2, 0.25) is 0 Å². The number of phenols is 1. The van der Waals surface area contributed by atoms with Gasteiger partial charge in [-0.25, -0.2) is 15.0 Å². The number of hydrogen-bond donors (Lipinski definition) is 3. The normalized spacial score (nSPS) is 11.2. The van der Waals surface area contributed by atoms with Gasteiger partial charge < -0.3 is 9.84 Å². The lowest BCUT2D eigenvalue weighted by Crippen LogP contribution is -2.36. The fourth-order valence-electron chi connectivity index (χ4n) is 3.51. The molecular formula is C26H27N4O3S+. The van der Waals surface area contributed by atoms with Crippen molar-refractivity contribution in [3.8, 4) is 11.5 Å². The molecule has 4 aromatic rings. The molecule has 3 aromatic carbocycles. The molecule has 1 amide bonds. The van der Waals surface area contributed by atoms with E-state index in [4.69, 9.17) is 4.74 Å². The first-order valence-corrected chi connectivity index (χ1v) is 12.0. The highest BCUT2D eigenvalue weighted by molar-refractivity contribution is 7.99. The van der Waals surface area contributed by atoms with Crippen molar-refractivity contribution in [1.29, 1.82) is 0 Å². The van der Waals surface area contributed by atoms with Crippen LogP contribution in [0.2, 0.25) is 0 Å². The smallest absolute Gasteiger partial charge is 0.317 e. The lowest BCUT2D eigenvalue weighted by atomic mass is 10.1. The van der Waals surface area contributed by atoms with Crippen molar-refractivity contribution in [1.82, 2.24) is 10.4 Å². The highest BCUT2D eigenvalue weighted by Crippen LogP contribution is 2.28. The molecule has 0 bridgehead atoms. The maximum atomic E-state index is 12.4. The first kappa shape index (κ1) is 23.4. The molecule has 4 rings (SSSR count). The number of para-hydroxylation sites is 3. The molecule has 0 aliphatic rings. The minimum atomic E-state index is -0.248. The first-order valence-electron chi connectivity index (χ1n) is 11.0. The van der Waals surface area contributed by atoms with Gasteiger partial charge in [-0.2, -0.15) is 5.10 Å². The number of carbonyl (C=O) groups excluding carboxylic acids is 1. The van der Waals surface area contributed by atoms with E-state index >= 15 is 0 Å². The molecule has 34 heavy (non-hydrogen) atoms. The number of H-pyrrole nitrogens is 1. The average molecular weight is 476 g/mol. The van der Waals surface area contributed by atoms with Crippen molar-refractivity contribution in [2.24, 2.45) is 5.10 Å². The zero-order valence-corrected chi connectivity index (χ0v) is 19.9. The van der Waals surface area contributed by atoms with Gasteiger partial charge in [-0.05, 0) is 55.4 Å². The predicted molar refractivity (Wildman–Crippen MR) is 135 cm³/mol. The topological polar surface area (TPSA) is 90.6 Å². The SMILES string of the molecule is CCOc1cccc(C=NNC(=O)CSc2[nH]c3ccccc3[n+]2Cc2ccc(C)cc2)c1O. The zero-order chi connectivity index (χ0) is 23.9. The number of aromatic nitrogens is 2. The van der Waals surface area contributed by atoms with E-state index in [0.717, 1.165) is 16.2 Å². The van der Waals surface area contributed by atoms with E-state index < -0.39 is 0 Å². The number of thioether (sulfide) groups is 1. The predicted octanol–water partition coefficient (Wildman–Crippen LogP) is 4.16. The van der Waals surface area contributed by atoms with Gasteiger partial charge in [-0.1, -0.05) is 48.0 Å². The second kappa shape index (κ2) is 10.9. The monoisotopic (exact) mass is 475 g/mol. The van der Waals surface area contributed by atoms with Crippen molar-refractivity contribution < 1.29 is 19.2 Å². The Hall–Kier alpha value is -3.78. The number of benzene rings is 3. The number of ether oxygens (including phenoxy) is 1.